The molecule has 0 aliphatic heterocycles. The maximum absolute atomic E-state index is 12.2. The van der Waals surface area contributed by atoms with Crippen LogP contribution in [0.4, 0.5) is 0 Å². The molecule has 1 unspecified atom stereocenters. The maximum Gasteiger partial charge on any atom is 0.313 e. The molecule has 1 aromatic heterocycles. The lowest BCUT2D eigenvalue weighted by atomic mass is 9.90. The fourth-order valence-electron chi connectivity index (χ4n) is 3.38. The molecular formula is C21H27BrO4S2. The van der Waals surface area contributed by atoms with Gasteiger partial charge in [0.05, 0.1) is 11.9 Å². The lowest BCUT2D eigenvalue weighted by Gasteiger charge is -2.17. The second-order valence-corrected chi connectivity index (χ2v) is 10.3. The highest BCUT2D eigenvalue weighted by Gasteiger charge is 2.32. The summed E-state index contributed by atoms with van der Waals surface area (Å²) in [6.45, 7) is 2.06. The number of thiophene rings is 1. The summed E-state index contributed by atoms with van der Waals surface area (Å²) in [6.07, 6.45) is 11.0. The highest BCUT2D eigenvalue weighted by atomic mass is 79.9. The van der Waals surface area contributed by atoms with Gasteiger partial charge in [-0.15, -0.1) is 23.1 Å². The molecule has 0 saturated heterocycles. The Labute approximate surface area is 183 Å². The number of carbonyl (C=O) groups excluding carboxylic acids is 1. The Bertz CT molecular complexity index is 706. The van der Waals surface area contributed by atoms with E-state index in [9.17, 15) is 14.7 Å². The Hall–Kier alpha value is -0.890. The molecule has 154 valence electrons. The number of aliphatic carboxylic acids is 1. The smallest absolute Gasteiger partial charge is 0.313 e. The molecule has 1 aliphatic rings. The van der Waals surface area contributed by atoms with Gasteiger partial charge < -0.3 is 10.2 Å². The third-order valence-corrected chi connectivity index (χ3v) is 7.99. The van der Waals surface area contributed by atoms with Crippen molar-refractivity contribution in [2.45, 2.75) is 45.1 Å². The van der Waals surface area contributed by atoms with E-state index in [1.165, 1.54) is 21.5 Å². The van der Waals surface area contributed by atoms with Crippen LogP contribution in [0.1, 0.15) is 35.4 Å². The number of hydrogen-bond acceptors (Lipinski definition) is 5. The van der Waals surface area contributed by atoms with Crippen LogP contribution >= 0.6 is 39.0 Å². The Kier molecular flexibility index (Phi) is 9.99. The zero-order valence-electron chi connectivity index (χ0n) is 16.0. The van der Waals surface area contributed by atoms with E-state index in [2.05, 4.69) is 28.9 Å². The molecule has 0 amide bonds. The normalized spacial score (nSPS) is 22.5. The van der Waals surface area contributed by atoms with Crippen molar-refractivity contribution in [3.63, 3.8) is 0 Å². The summed E-state index contributed by atoms with van der Waals surface area (Å²) >= 11 is 6.58. The Balaban J connectivity index is 1.77. The average molecular weight is 487 g/mol. The van der Waals surface area contributed by atoms with Crippen molar-refractivity contribution in [3.05, 3.63) is 44.6 Å². The molecule has 0 spiro atoms. The predicted octanol–water partition coefficient (Wildman–Crippen LogP) is 5.03. The van der Waals surface area contributed by atoms with Crippen LogP contribution in [-0.2, 0) is 16.0 Å². The minimum Gasteiger partial charge on any atom is -0.481 e. The van der Waals surface area contributed by atoms with Crippen molar-refractivity contribution in [1.82, 2.24) is 0 Å². The fraction of sp³-hybridized carbons (Fsp3) is 0.524. The number of aliphatic hydroxyl groups excluding tert-OH is 1. The zero-order valence-corrected chi connectivity index (χ0v) is 19.2. The van der Waals surface area contributed by atoms with Crippen LogP contribution in [0.5, 0.6) is 0 Å². The van der Waals surface area contributed by atoms with Crippen LogP contribution in [0.15, 0.2) is 34.8 Å². The number of carboxylic acid groups (broad SMARTS) is 1. The first-order chi connectivity index (χ1) is 13.4. The van der Waals surface area contributed by atoms with Crippen LogP contribution in [0.25, 0.3) is 0 Å². The van der Waals surface area contributed by atoms with Gasteiger partial charge in [-0.3, -0.25) is 9.59 Å². The van der Waals surface area contributed by atoms with E-state index in [1.54, 1.807) is 17.4 Å². The van der Waals surface area contributed by atoms with Crippen molar-refractivity contribution in [1.29, 1.82) is 0 Å². The molecule has 1 saturated carbocycles. The van der Waals surface area contributed by atoms with Gasteiger partial charge in [-0.05, 0) is 72.5 Å². The number of rotatable bonds is 11. The first-order valence-corrected chi connectivity index (χ1v) is 12.2. The number of aliphatic hydroxyl groups is 1. The topological polar surface area (TPSA) is 74.6 Å². The summed E-state index contributed by atoms with van der Waals surface area (Å²) in [5.41, 5.74) is 0. The molecule has 28 heavy (non-hydrogen) atoms. The second-order valence-electron chi connectivity index (χ2n) is 7.03. The lowest BCUT2D eigenvalue weighted by molar-refractivity contribution is -0.133. The molecular weight excluding hydrogens is 460 g/mol. The third-order valence-electron chi connectivity index (χ3n) is 4.91. The summed E-state index contributed by atoms with van der Waals surface area (Å²) in [4.78, 5) is 25.1. The quantitative estimate of drug-likeness (QED) is 0.260. The van der Waals surface area contributed by atoms with Crippen molar-refractivity contribution in [2.75, 3.05) is 11.5 Å². The van der Waals surface area contributed by atoms with Crippen LogP contribution in [0.3, 0.4) is 0 Å². The summed E-state index contributed by atoms with van der Waals surface area (Å²) in [5, 5.41) is 18.9. The minimum absolute atomic E-state index is 0.103. The molecule has 1 aromatic rings. The largest absolute Gasteiger partial charge is 0.481 e. The van der Waals surface area contributed by atoms with Crippen LogP contribution in [-0.4, -0.2) is 39.6 Å². The van der Waals surface area contributed by atoms with Gasteiger partial charge in [-0.25, -0.2) is 0 Å². The molecule has 3 atom stereocenters. The van der Waals surface area contributed by atoms with E-state index in [4.69, 9.17) is 5.11 Å². The number of thioether (sulfide) groups is 1. The summed E-state index contributed by atoms with van der Waals surface area (Å²) in [7, 11) is 0. The number of carboxylic acids is 1. The standard InChI is InChI=1S/C21H27BrO4S2/c1-14-19(22)12-17(28-14)9-8-16(23)7-5-15-6-10-20(24)18(15)4-2-3-11-27-13-21(25)26/h2-3,5,7,12,15,18,20,24H,4,6,8-11,13H2,1H3,(H,25,26)/b3-2-,7-5+/t15-,18+,20?/m0/s1. The predicted molar refractivity (Wildman–Crippen MR) is 120 cm³/mol. The van der Waals surface area contributed by atoms with E-state index in [0.717, 1.165) is 30.2 Å². The van der Waals surface area contributed by atoms with Crippen LogP contribution < -0.4 is 0 Å². The number of aryl methyl sites for hydroxylation is 2. The number of carbonyl (C=O) groups is 2. The number of allylic oxidation sites excluding steroid dienone is 3. The monoisotopic (exact) mass is 486 g/mol. The zero-order chi connectivity index (χ0) is 20.5. The van der Waals surface area contributed by atoms with Gasteiger partial charge in [-0.1, -0.05) is 18.2 Å². The fourth-order valence-corrected chi connectivity index (χ4v) is 5.55. The molecule has 1 aliphatic carbocycles. The Morgan fingerprint density at radius 3 is 2.82 bits per heavy atom. The molecule has 0 aromatic carbocycles. The van der Waals surface area contributed by atoms with E-state index in [0.29, 0.717) is 12.2 Å². The van der Waals surface area contributed by atoms with E-state index >= 15 is 0 Å². The van der Waals surface area contributed by atoms with Crippen LogP contribution in [0, 0.1) is 18.8 Å². The number of ketones is 1. The van der Waals surface area contributed by atoms with Crippen molar-refractivity contribution in [2.24, 2.45) is 11.8 Å². The molecule has 7 heteroatoms. The lowest BCUT2D eigenvalue weighted by Crippen LogP contribution is -2.17. The molecule has 4 nitrogen and oxygen atoms in total. The molecule has 0 radical (unpaired) electrons. The molecule has 1 heterocycles. The van der Waals surface area contributed by atoms with Gasteiger partial charge in [0.15, 0.2) is 5.78 Å². The SMILES string of the molecule is Cc1sc(CCC(=O)/C=C/[C@H]2CCC(O)[C@@H]2C/C=C\CSCC(=O)O)cc1Br. The molecule has 2 rings (SSSR count). The summed E-state index contributed by atoms with van der Waals surface area (Å²) < 4.78 is 1.10. The van der Waals surface area contributed by atoms with Gasteiger partial charge in [0.2, 0.25) is 0 Å². The van der Waals surface area contributed by atoms with Gasteiger partial charge in [0.25, 0.3) is 0 Å². The second kappa shape index (κ2) is 12.0. The molecule has 0 bridgehead atoms. The summed E-state index contributed by atoms with van der Waals surface area (Å²) in [6, 6.07) is 2.08. The first kappa shape index (κ1) is 23.4. The van der Waals surface area contributed by atoms with Crippen molar-refractivity contribution in [3.8, 4) is 0 Å². The Morgan fingerprint density at radius 2 is 2.14 bits per heavy atom. The average Bonchev–Trinajstić information content (AvgIpc) is 3.16. The number of halogens is 1. The summed E-state index contributed by atoms with van der Waals surface area (Å²) in [5.74, 6) is 0.427. The van der Waals surface area contributed by atoms with E-state index in [1.807, 2.05) is 18.2 Å². The van der Waals surface area contributed by atoms with Gasteiger partial charge in [0, 0.05) is 26.4 Å². The number of hydrogen-bond donors (Lipinski definition) is 2. The molecule has 1 fully saturated rings. The van der Waals surface area contributed by atoms with Gasteiger partial charge >= 0.3 is 5.97 Å². The van der Waals surface area contributed by atoms with Crippen molar-refractivity contribution >= 4 is 50.8 Å². The van der Waals surface area contributed by atoms with Gasteiger partial charge in [-0.2, -0.15) is 0 Å². The third kappa shape index (κ3) is 7.85. The highest BCUT2D eigenvalue weighted by molar-refractivity contribution is 9.10. The van der Waals surface area contributed by atoms with Gasteiger partial charge in [0.1, 0.15) is 0 Å². The van der Waals surface area contributed by atoms with E-state index < -0.39 is 5.97 Å². The van der Waals surface area contributed by atoms with E-state index in [-0.39, 0.29) is 29.5 Å². The van der Waals surface area contributed by atoms with Crippen LogP contribution in [0.2, 0.25) is 0 Å². The highest BCUT2D eigenvalue weighted by Crippen LogP contribution is 2.36. The molecule has 2 N–H and O–H groups in total. The minimum atomic E-state index is -0.804. The maximum atomic E-state index is 12.2. The first-order valence-electron chi connectivity index (χ1n) is 9.45. The van der Waals surface area contributed by atoms with Crippen molar-refractivity contribution < 1.29 is 19.8 Å². The Morgan fingerprint density at radius 1 is 1.36 bits per heavy atom.